The van der Waals surface area contributed by atoms with E-state index in [4.69, 9.17) is 51.8 Å². The van der Waals surface area contributed by atoms with Crippen molar-refractivity contribution in [3.05, 3.63) is 68.0 Å². The van der Waals surface area contributed by atoms with Gasteiger partial charge in [0.1, 0.15) is 5.75 Å². The lowest BCUT2D eigenvalue weighted by atomic mass is 10.2. The number of hydrogen-bond acceptors (Lipinski definition) is 5. The predicted molar refractivity (Wildman–Crippen MR) is 113 cm³/mol. The molecule has 1 aliphatic rings. The molecule has 0 aromatic heterocycles. The van der Waals surface area contributed by atoms with Crippen LogP contribution < -0.4 is 4.74 Å². The van der Waals surface area contributed by atoms with Gasteiger partial charge >= 0.3 is 0 Å². The van der Waals surface area contributed by atoms with Crippen LogP contribution in [0.25, 0.3) is 6.08 Å². The average molecular weight is 459 g/mol. The summed E-state index contributed by atoms with van der Waals surface area (Å²) < 4.78 is 5.53. The summed E-state index contributed by atoms with van der Waals surface area (Å²) in [6, 6.07) is 11.7. The third-order valence-corrected chi connectivity index (χ3v) is 5.66. The summed E-state index contributed by atoms with van der Waals surface area (Å²) in [4.78, 5) is 26.2. The van der Waals surface area contributed by atoms with E-state index < -0.39 is 18.4 Å². The molecule has 4 nitrogen and oxygen atoms in total. The number of rotatable bonds is 4. The number of carbonyl (C=O) groups is 2. The zero-order valence-corrected chi connectivity index (χ0v) is 17.3. The van der Waals surface area contributed by atoms with Crippen LogP contribution >= 0.6 is 58.8 Å². The molecule has 9 heteroatoms. The molecule has 138 valence electrons. The van der Waals surface area contributed by atoms with E-state index in [-0.39, 0.29) is 15.1 Å². The number of amides is 2. The van der Waals surface area contributed by atoms with Gasteiger partial charge in [0.05, 0.1) is 9.93 Å². The first-order valence-corrected chi connectivity index (χ1v) is 9.86. The van der Waals surface area contributed by atoms with E-state index >= 15 is 0 Å². The highest BCUT2D eigenvalue weighted by molar-refractivity contribution is 8.26. The average Bonchev–Trinajstić information content (AvgIpc) is 2.89. The Morgan fingerprint density at radius 1 is 1.15 bits per heavy atom. The molecule has 27 heavy (non-hydrogen) atoms. The second-order valence-electron chi connectivity index (χ2n) is 5.30. The van der Waals surface area contributed by atoms with Crippen molar-refractivity contribution >= 4 is 81.0 Å². The number of ether oxygens (including phenoxy) is 1. The Bertz CT molecular complexity index is 978. The molecule has 0 atom stereocenters. The maximum Gasteiger partial charge on any atom is 0.273 e. The van der Waals surface area contributed by atoms with Gasteiger partial charge in [-0.1, -0.05) is 77.0 Å². The smallest absolute Gasteiger partial charge is 0.273 e. The van der Waals surface area contributed by atoms with Gasteiger partial charge in [-0.3, -0.25) is 9.59 Å². The Hall–Kier alpha value is -1.57. The van der Waals surface area contributed by atoms with Crippen LogP contribution in [0.4, 0.5) is 0 Å². The molecule has 1 fully saturated rings. The number of halogens is 3. The van der Waals surface area contributed by atoms with Gasteiger partial charge in [0.2, 0.25) is 0 Å². The molecule has 0 unspecified atom stereocenters. The SMILES string of the molecule is O=C(COc1ccc(Cl)cc1Cl)N1C(=O)C(=Cc2ccccc2Cl)SC1=S. The summed E-state index contributed by atoms with van der Waals surface area (Å²) in [5.74, 6) is -0.821. The second kappa shape index (κ2) is 8.63. The van der Waals surface area contributed by atoms with Gasteiger partial charge in [0.25, 0.3) is 11.8 Å². The van der Waals surface area contributed by atoms with E-state index in [2.05, 4.69) is 0 Å². The molecular formula is C18H10Cl3NO3S2. The van der Waals surface area contributed by atoms with Crippen LogP contribution in [0.2, 0.25) is 15.1 Å². The standard InChI is InChI=1S/C18H10Cl3NO3S2/c19-11-5-6-14(13(21)8-11)25-9-16(23)22-17(24)15(27-18(22)26)7-10-3-1-2-4-12(10)20/h1-8H,9H2. The molecule has 0 radical (unpaired) electrons. The Labute approximate surface area is 180 Å². The second-order valence-corrected chi connectivity index (χ2v) is 8.22. The van der Waals surface area contributed by atoms with Gasteiger partial charge < -0.3 is 4.74 Å². The molecule has 0 aliphatic carbocycles. The van der Waals surface area contributed by atoms with Gasteiger partial charge in [0, 0.05) is 10.0 Å². The van der Waals surface area contributed by atoms with Gasteiger partial charge in [-0.2, -0.15) is 0 Å². The fraction of sp³-hybridized carbons (Fsp3) is 0.0556. The number of benzene rings is 2. The van der Waals surface area contributed by atoms with Crippen molar-refractivity contribution in [2.24, 2.45) is 0 Å². The third kappa shape index (κ3) is 4.65. The number of thioether (sulfide) groups is 1. The first kappa shape index (κ1) is 20.2. The Kier molecular flexibility index (Phi) is 6.44. The van der Waals surface area contributed by atoms with Crippen molar-refractivity contribution in [3.8, 4) is 5.75 Å². The summed E-state index contributed by atoms with van der Waals surface area (Å²) in [6.45, 7) is -0.396. The monoisotopic (exact) mass is 457 g/mol. The van der Waals surface area contributed by atoms with Gasteiger partial charge in [-0.15, -0.1) is 0 Å². The van der Waals surface area contributed by atoms with Crippen LogP contribution in [0.15, 0.2) is 47.4 Å². The highest BCUT2D eigenvalue weighted by Crippen LogP contribution is 2.34. The van der Waals surface area contributed by atoms with Gasteiger partial charge in [0.15, 0.2) is 10.9 Å². The first-order valence-electron chi connectivity index (χ1n) is 7.50. The van der Waals surface area contributed by atoms with E-state index in [1.54, 1.807) is 42.5 Å². The van der Waals surface area contributed by atoms with Gasteiger partial charge in [-0.25, -0.2) is 4.90 Å². The van der Waals surface area contributed by atoms with E-state index in [0.717, 1.165) is 16.7 Å². The Morgan fingerprint density at radius 2 is 1.89 bits per heavy atom. The molecule has 3 rings (SSSR count). The molecule has 1 aliphatic heterocycles. The van der Waals surface area contributed by atoms with E-state index in [0.29, 0.717) is 20.5 Å². The summed E-state index contributed by atoms with van der Waals surface area (Å²) in [5, 5.41) is 1.20. The van der Waals surface area contributed by atoms with E-state index in [9.17, 15) is 9.59 Å². The number of imide groups is 1. The largest absolute Gasteiger partial charge is 0.482 e. The predicted octanol–water partition coefficient (Wildman–Crippen LogP) is 5.45. The number of carbonyl (C=O) groups excluding carboxylic acids is 2. The molecule has 1 heterocycles. The lowest BCUT2D eigenvalue weighted by Crippen LogP contribution is -2.38. The maximum absolute atomic E-state index is 12.6. The first-order chi connectivity index (χ1) is 12.9. The van der Waals surface area contributed by atoms with Crippen molar-refractivity contribution in [2.45, 2.75) is 0 Å². The lowest BCUT2D eigenvalue weighted by molar-refractivity contribution is -0.137. The van der Waals surface area contributed by atoms with Crippen molar-refractivity contribution in [1.29, 1.82) is 0 Å². The Balaban J connectivity index is 1.73. The topological polar surface area (TPSA) is 46.6 Å². The maximum atomic E-state index is 12.6. The third-order valence-electron chi connectivity index (χ3n) is 3.48. The number of hydrogen-bond donors (Lipinski definition) is 0. The Morgan fingerprint density at radius 3 is 2.59 bits per heavy atom. The lowest BCUT2D eigenvalue weighted by Gasteiger charge is -2.13. The number of thiocarbonyl (C=S) groups is 1. The zero-order valence-electron chi connectivity index (χ0n) is 13.4. The minimum atomic E-state index is -0.592. The molecule has 0 saturated carbocycles. The van der Waals surface area contributed by atoms with Crippen LogP contribution in [-0.4, -0.2) is 27.6 Å². The van der Waals surface area contributed by atoms with Crippen LogP contribution in [0.3, 0.4) is 0 Å². The molecule has 0 spiro atoms. The van der Waals surface area contributed by atoms with Crippen LogP contribution in [0.1, 0.15) is 5.56 Å². The van der Waals surface area contributed by atoms with Crippen LogP contribution in [0, 0.1) is 0 Å². The summed E-state index contributed by atoms with van der Waals surface area (Å²) in [5.41, 5.74) is 0.663. The fourth-order valence-corrected chi connectivity index (χ4v) is 4.15. The summed E-state index contributed by atoms with van der Waals surface area (Å²) in [7, 11) is 0. The zero-order chi connectivity index (χ0) is 19.6. The van der Waals surface area contributed by atoms with Crippen molar-refractivity contribution in [1.82, 2.24) is 4.90 Å². The highest BCUT2D eigenvalue weighted by atomic mass is 35.5. The quantitative estimate of drug-likeness (QED) is 0.450. The van der Waals surface area contributed by atoms with Crippen molar-refractivity contribution < 1.29 is 14.3 Å². The highest BCUT2D eigenvalue weighted by Gasteiger charge is 2.37. The molecule has 1 saturated heterocycles. The van der Waals surface area contributed by atoms with E-state index in [1.807, 2.05) is 0 Å². The van der Waals surface area contributed by atoms with Crippen LogP contribution in [-0.2, 0) is 9.59 Å². The molecular weight excluding hydrogens is 449 g/mol. The summed E-state index contributed by atoms with van der Waals surface area (Å²) >= 11 is 24.1. The minimum Gasteiger partial charge on any atom is -0.482 e. The van der Waals surface area contributed by atoms with Gasteiger partial charge in [-0.05, 0) is 35.9 Å². The number of nitrogens with zero attached hydrogens (tertiary/aromatic N) is 1. The molecule has 2 amide bonds. The van der Waals surface area contributed by atoms with E-state index in [1.165, 1.54) is 6.07 Å². The van der Waals surface area contributed by atoms with Crippen LogP contribution in [0.5, 0.6) is 5.75 Å². The molecule has 0 bridgehead atoms. The normalized spacial score (nSPS) is 15.5. The fourth-order valence-electron chi connectivity index (χ4n) is 2.21. The molecule has 2 aromatic carbocycles. The minimum absolute atomic E-state index is 0.133. The van der Waals surface area contributed by atoms with Crippen molar-refractivity contribution in [2.75, 3.05) is 6.61 Å². The summed E-state index contributed by atoms with van der Waals surface area (Å²) in [6.07, 6.45) is 1.60. The molecule has 0 N–H and O–H groups in total. The molecule has 2 aromatic rings. The van der Waals surface area contributed by atoms with Crippen molar-refractivity contribution in [3.63, 3.8) is 0 Å².